The molecular formula is C16H21N3O. The maximum atomic E-state index is 6.18. The Morgan fingerprint density at radius 3 is 3.20 bits per heavy atom. The molecule has 4 heteroatoms. The molecule has 1 aliphatic rings. The quantitative estimate of drug-likeness (QED) is 0.930. The lowest BCUT2D eigenvalue weighted by Gasteiger charge is -2.22. The highest BCUT2D eigenvalue weighted by Crippen LogP contribution is 2.31. The highest BCUT2D eigenvalue weighted by atomic mass is 16.5. The van der Waals surface area contributed by atoms with E-state index in [2.05, 4.69) is 28.6 Å². The summed E-state index contributed by atoms with van der Waals surface area (Å²) in [7, 11) is 0. The van der Waals surface area contributed by atoms with E-state index in [-0.39, 0.29) is 6.04 Å². The van der Waals surface area contributed by atoms with Gasteiger partial charge in [-0.1, -0.05) is 6.07 Å². The first-order chi connectivity index (χ1) is 9.78. The molecule has 1 aliphatic carbocycles. The number of imidazole rings is 1. The average Bonchev–Trinajstić information content (AvgIpc) is 2.93. The number of hydrogen-bond donors (Lipinski definition) is 1. The van der Waals surface area contributed by atoms with Gasteiger partial charge in [-0.3, -0.25) is 0 Å². The highest BCUT2D eigenvalue weighted by molar-refractivity contribution is 5.39. The minimum Gasteiger partial charge on any atom is -0.487 e. The Labute approximate surface area is 119 Å². The minimum absolute atomic E-state index is 0.156. The van der Waals surface area contributed by atoms with Crippen molar-refractivity contribution in [1.82, 2.24) is 9.55 Å². The maximum absolute atomic E-state index is 6.18. The fraction of sp³-hybridized carbons (Fsp3) is 0.438. The van der Waals surface area contributed by atoms with E-state index in [0.717, 1.165) is 30.8 Å². The summed E-state index contributed by atoms with van der Waals surface area (Å²) in [6, 6.07) is 6.46. The molecule has 0 unspecified atom stereocenters. The Balaban J connectivity index is 1.73. The zero-order valence-electron chi connectivity index (χ0n) is 11.9. The summed E-state index contributed by atoms with van der Waals surface area (Å²) in [6.07, 6.45) is 7.07. The van der Waals surface area contributed by atoms with E-state index in [1.54, 1.807) is 0 Å². The largest absolute Gasteiger partial charge is 0.487 e. The van der Waals surface area contributed by atoms with Crippen LogP contribution in [-0.2, 0) is 19.6 Å². The van der Waals surface area contributed by atoms with Crippen LogP contribution < -0.4 is 10.5 Å². The Hall–Kier alpha value is -1.81. The number of aromatic nitrogens is 2. The van der Waals surface area contributed by atoms with Crippen molar-refractivity contribution in [3.63, 3.8) is 0 Å². The predicted molar refractivity (Wildman–Crippen MR) is 78.5 cm³/mol. The van der Waals surface area contributed by atoms with E-state index in [0.29, 0.717) is 6.61 Å². The molecule has 1 heterocycles. The summed E-state index contributed by atoms with van der Waals surface area (Å²) in [5, 5.41) is 0. The average molecular weight is 271 g/mol. The van der Waals surface area contributed by atoms with Gasteiger partial charge in [0.1, 0.15) is 12.4 Å². The molecule has 0 saturated carbocycles. The molecule has 1 aromatic carbocycles. The second kappa shape index (κ2) is 5.67. The molecule has 106 valence electrons. The lowest BCUT2D eigenvalue weighted by Crippen LogP contribution is -2.17. The third kappa shape index (κ3) is 2.56. The van der Waals surface area contributed by atoms with Crippen LogP contribution in [0.2, 0.25) is 0 Å². The number of rotatable bonds is 4. The van der Waals surface area contributed by atoms with Crippen molar-refractivity contribution in [3.8, 4) is 5.75 Å². The van der Waals surface area contributed by atoms with Crippen LogP contribution in [0.4, 0.5) is 0 Å². The van der Waals surface area contributed by atoms with Crippen LogP contribution in [0.25, 0.3) is 0 Å². The van der Waals surface area contributed by atoms with Gasteiger partial charge in [0.2, 0.25) is 0 Å². The molecule has 0 fully saturated rings. The number of hydrogen-bond acceptors (Lipinski definition) is 3. The first-order valence-electron chi connectivity index (χ1n) is 7.28. The van der Waals surface area contributed by atoms with Crippen molar-refractivity contribution in [2.45, 2.75) is 45.4 Å². The monoisotopic (exact) mass is 271 g/mol. The summed E-state index contributed by atoms with van der Waals surface area (Å²) in [6.45, 7) is 3.55. The highest BCUT2D eigenvalue weighted by Gasteiger charge is 2.17. The number of benzene rings is 1. The second-order valence-electron chi connectivity index (χ2n) is 5.32. The van der Waals surface area contributed by atoms with Crippen LogP contribution >= 0.6 is 0 Å². The number of aryl methyl sites for hydroxylation is 2. The zero-order chi connectivity index (χ0) is 13.9. The van der Waals surface area contributed by atoms with Gasteiger partial charge in [0.15, 0.2) is 0 Å². The van der Waals surface area contributed by atoms with Crippen molar-refractivity contribution >= 4 is 0 Å². The van der Waals surface area contributed by atoms with Crippen molar-refractivity contribution < 1.29 is 4.74 Å². The van der Waals surface area contributed by atoms with Gasteiger partial charge in [-0.2, -0.15) is 0 Å². The van der Waals surface area contributed by atoms with Gasteiger partial charge in [-0.05, 0) is 49.4 Å². The first kappa shape index (κ1) is 13.2. The van der Waals surface area contributed by atoms with E-state index in [4.69, 9.17) is 10.5 Å². The lowest BCUT2D eigenvalue weighted by molar-refractivity contribution is 0.294. The third-order valence-corrected chi connectivity index (χ3v) is 4.00. The molecule has 0 spiro atoms. The molecule has 0 amide bonds. The number of nitrogens with zero attached hydrogens (tertiary/aromatic N) is 2. The van der Waals surface area contributed by atoms with Crippen LogP contribution in [0.1, 0.15) is 42.6 Å². The van der Waals surface area contributed by atoms with Gasteiger partial charge >= 0.3 is 0 Å². The molecule has 4 nitrogen and oxygen atoms in total. The SMILES string of the molecule is CCn1cncc1COc1ccc2c(c1)[C@H](N)CCC2. The first-order valence-corrected chi connectivity index (χ1v) is 7.28. The number of fused-ring (bicyclic) bond motifs is 1. The van der Waals surface area contributed by atoms with Gasteiger partial charge in [-0.15, -0.1) is 0 Å². The van der Waals surface area contributed by atoms with Gasteiger partial charge in [-0.25, -0.2) is 4.98 Å². The van der Waals surface area contributed by atoms with Crippen molar-refractivity contribution in [2.24, 2.45) is 5.73 Å². The van der Waals surface area contributed by atoms with Crippen LogP contribution in [-0.4, -0.2) is 9.55 Å². The van der Waals surface area contributed by atoms with Crippen molar-refractivity contribution in [2.75, 3.05) is 0 Å². The van der Waals surface area contributed by atoms with Gasteiger partial charge in [0.05, 0.1) is 18.2 Å². The van der Waals surface area contributed by atoms with Gasteiger partial charge < -0.3 is 15.0 Å². The van der Waals surface area contributed by atoms with E-state index in [1.165, 1.54) is 17.5 Å². The molecule has 2 N–H and O–H groups in total. The van der Waals surface area contributed by atoms with Crippen LogP contribution in [0, 0.1) is 0 Å². The van der Waals surface area contributed by atoms with Crippen LogP contribution in [0.15, 0.2) is 30.7 Å². The fourth-order valence-electron chi connectivity index (χ4n) is 2.81. The van der Waals surface area contributed by atoms with E-state index >= 15 is 0 Å². The zero-order valence-corrected chi connectivity index (χ0v) is 11.9. The number of nitrogens with two attached hydrogens (primary N) is 1. The topological polar surface area (TPSA) is 53.1 Å². The molecule has 0 bridgehead atoms. The molecule has 2 aromatic rings. The standard InChI is InChI=1S/C16H21N3O/c1-2-19-11-18-9-13(19)10-20-14-7-6-12-4-3-5-16(17)15(12)8-14/h6-9,11,16H,2-5,10,17H2,1H3/t16-/m1/s1. The number of ether oxygens (including phenoxy) is 1. The smallest absolute Gasteiger partial charge is 0.130 e. The molecule has 20 heavy (non-hydrogen) atoms. The van der Waals surface area contributed by atoms with Crippen molar-refractivity contribution in [1.29, 1.82) is 0 Å². The minimum atomic E-state index is 0.156. The molecule has 1 aromatic heterocycles. The fourth-order valence-corrected chi connectivity index (χ4v) is 2.81. The Bertz CT molecular complexity index is 591. The molecule has 0 radical (unpaired) electrons. The van der Waals surface area contributed by atoms with Gasteiger partial charge in [0, 0.05) is 12.6 Å². The van der Waals surface area contributed by atoms with Gasteiger partial charge in [0.25, 0.3) is 0 Å². The second-order valence-corrected chi connectivity index (χ2v) is 5.32. The van der Waals surface area contributed by atoms with Crippen LogP contribution in [0.3, 0.4) is 0 Å². The van der Waals surface area contributed by atoms with E-state index < -0.39 is 0 Å². The summed E-state index contributed by atoms with van der Waals surface area (Å²) in [4.78, 5) is 4.15. The third-order valence-electron chi connectivity index (χ3n) is 4.00. The predicted octanol–water partition coefficient (Wildman–Crippen LogP) is 2.82. The molecule has 3 rings (SSSR count). The molecule has 1 atom stereocenters. The van der Waals surface area contributed by atoms with E-state index in [1.807, 2.05) is 18.6 Å². The van der Waals surface area contributed by atoms with E-state index in [9.17, 15) is 0 Å². The maximum Gasteiger partial charge on any atom is 0.130 e. The summed E-state index contributed by atoms with van der Waals surface area (Å²) in [5.74, 6) is 0.893. The molecular weight excluding hydrogens is 250 g/mol. The van der Waals surface area contributed by atoms with Crippen LogP contribution in [0.5, 0.6) is 5.75 Å². The summed E-state index contributed by atoms with van der Waals surface area (Å²) < 4.78 is 7.98. The van der Waals surface area contributed by atoms with Crippen molar-refractivity contribution in [3.05, 3.63) is 47.5 Å². The molecule has 0 aliphatic heterocycles. The summed E-state index contributed by atoms with van der Waals surface area (Å²) in [5.41, 5.74) is 9.89. The Kier molecular flexibility index (Phi) is 3.74. The normalized spacial score (nSPS) is 17.8. The Morgan fingerprint density at radius 1 is 1.45 bits per heavy atom. The summed E-state index contributed by atoms with van der Waals surface area (Å²) >= 11 is 0. The lowest BCUT2D eigenvalue weighted by atomic mass is 9.88. The Morgan fingerprint density at radius 2 is 2.35 bits per heavy atom. The molecule has 0 saturated heterocycles.